The van der Waals surface area contributed by atoms with Gasteiger partial charge in [-0.05, 0) is 0 Å². The molecule has 194 valence electrons. The summed E-state index contributed by atoms with van der Waals surface area (Å²) >= 11 is 0.523. The molecule has 38 heavy (non-hydrogen) atoms. The van der Waals surface area contributed by atoms with E-state index in [9.17, 15) is 9.59 Å². The summed E-state index contributed by atoms with van der Waals surface area (Å²) in [7, 11) is 3.16. The molecule has 0 unspecified atom stereocenters. The molecular weight excluding hydrogens is 618 g/mol. The average molecular weight is 642 g/mol. The van der Waals surface area contributed by atoms with Crippen LogP contribution in [-0.4, -0.2) is 52.7 Å². The van der Waals surface area contributed by atoms with Crippen LogP contribution in [0.5, 0.6) is 23.0 Å². The number of carbonyl (C=O) groups excluding carboxylic acids is 2. The van der Waals surface area contributed by atoms with Crippen LogP contribution in [0.2, 0.25) is 0 Å². The van der Waals surface area contributed by atoms with Crippen LogP contribution in [0.25, 0.3) is 0 Å². The fraction of sp³-hybridized carbons (Fsp3) is 0.0714. The van der Waals surface area contributed by atoms with E-state index in [0.717, 1.165) is 0 Å². The predicted octanol–water partition coefficient (Wildman–Crippen LogP) is 4.20. The molecular formula is C28H24N2O6Se2. The second-order valence-electron chi connectivity index (χ2n) is 7.60. The standard InChI is InChI=1S/C28H24N2O6Se2/c1-33-21-7-11-23(12-8-21)35-27(31)29-19-3-15-25(16-4-19)37-38-26-17-5-20(6-18-26)30-28(32)36-24-13-9-22(34-2)10-14-24/h3-18H,1-2H3,(H,29,31)(H,30,32). The van der Waals surface area contributed by atoms with Crippen molar-refractivity contribution in [1.82, 2.24) is 0 Å². The molecule has 0 aromatic heterocycles. The van der Waals surface area contributed by atoms with Crippen molar-refractivity contribution in [3.05, 3.63) is 97.1 Å². The van der Waals surface area contributed by atoms with Crippen molar-refractivity contribution < 1.29 is 28.5 Å². The zero-order valence-corrected chi connectivity index (χ0v) is 23.9. The van der Waals surface area contributed by atoms with Gasteiger partial charge in [0, 0.05) is 0 Å². The molecule has 8 nitrogen and oxygen atoms in total. The Kier molecular flexibility index (Phi) is 9.67. The van der Waals surface area contributed by atoms with E-state index in [2.05, 4.69) is 10.6 Å². The van der Waals surface area contributed by atoms with E-state index < -0.39 is 12.2 Å². The average Bonchev–Trinajstić information content (AvgIpc) is 2.94. The molecule has 4 rings (SSSR count). The number of hydrogen-bond acceptors (Lipinski definition) is 6. The van der Waals surface area contributed by atoms with E-state index in [1.165, 1.54) is 8.92 Å². The van der Waals surface area contributed by atoms with Crippen LogP contribution < -0.4 is 38.5 Å². The van der Waals surface area contributed by atoms with Crippen LogP contribution in [0, 0.1) is 0 Å². The second kappa shape index (κ2) is 13.6. The number of amides is 2. The molecule has 0 saturated heterocycles. The van der Waals surface area contributed by atoms with Gasteiger partial charge in [0.2, 0.25) is 0 Å². The first kappa shape index (κ1) is 27.1. The summed E-state index contributed by atoms with van der Waals surface area (Å²) in [6.45, 7) is 0. The minimum atomic E-state index is -0.556. The molecule has 4 aromatic carbocycles. The number of carbonyl (C=O) groups is 2. The molecule has 2 amide bonds. The van der Waals surface area contributed by atoms with E-state index in [4.69, 9.17) is 18.9 Å². The summed E-state index contributed by atoms with van der Waals surface area (Å²) in [5, 5.41) is 5.46. The molecule has 0 spiro atoms. The van der Waals surface area contributed by atoms with Crippen LogP contribution in [0.3, 0.4) is 0 Å². The van der Waals surface area contributed by atoms with Gasteiger partial charge < -0.3 is 0 Å². The monoisotopic (exact) mass is 644 g/mol. The third-order valence-electron chi connectivity index (χ3n) is 4.98. The van der Waals surface area contributed by atoms with Crippen LogP contribution in [-0.2, 0) is 0 Å². The summed E-state index contributed by atoms with van der Waals surface area (Å²) < 4.78 is 23.2. The Balaban J connectivity index is 1.21. The predicted molar refractivity (Wildman–Crippen MR) is 149 cm³/mol. The van der Waals surface area contributed by atoms with Crippen molar-refractivity contribution in [1.29, 1.82) is 0 Å². The van der Waals surface area contributed by atoms with E-state index in [-0.39, 0.29) is 26.3 Å². The summed E-state index contributed by atoms with van der Waals surface area (Å²) in [4.78, 5) is 24.3. The Morgan fingerprint density at radius 1 is 0.500 bits per heavy atom. The van der Waals surface area contributed by atoms with Crippen LogP contribution in [0.1, 0.15) is 0 Å². The van der Waals surface area contributed by atoms with E-state index in [1.807, 2.05) is 48.5 Å². The summed E-state index contributed by atoms with van der Waals surface area (Å²) in [5.41, 5.74) is 1.32. The molecule has 0 bridgehead atoms. The first-order valence-corrected chi connectivity index (χ1v) is 17.4. The Labute approximate surface area is 231 Å². The maximum atomic E-state index is 12.1. The van der Waals surface area contributed by atoms with Gasteiger partial charge in [-0.25, -0.2) is 0 Å². The third kappa shape index (κ3) is 8.30. The van der Waals surface area contributed by atoms with Crippen molar-refractivity contribution in [2.45, 2.75) is 0 Å². The molecule has 0 atom stereocenters. The van der Waals surface area contributed by atoms with Gasteiger partial charge in [0.15, 0.2) is 0 Å². The number of ether oxygens (including phenoxy) is 4. The summed E-state index contributed by atoms with van der Waals surface area (Å²) in [5.74, 6) is 2.24. The molecule has 0 radical (unpaired) electrons. The van der Waals surface area contributed by atoms with Crippen molar-refractivity contribution in [2.75, 3.05) is 24.9 Å². The molecule has 0 aliphatic rings. The normalized spacial score (nSPS) is 10.3. The van der Waals surface area contributed by atoms with Gasteiger partial charge in [-0.1, -0.05) is 0 Å². The molecule has 0 aliphatic carbocycles. The molecule has 0 fully saturated rings. The van der Waals surface area contributed by atoms with Crippen LogP contribution >= 0.6 is 0 Å². The number of benzene rings is 4. The number of rotatable bonds is 9. The Hall–Kier alpha value is -3.94. The SMILES string of the molecule is COc1ccc(OC(=O)Nc2ccc([Se][Se]c3ccc(NC(=O)Oc4ccc(OC)cc4)cc3)cc2)cc1. The Morgan fingerprint density at radius 2 is 0.816 bits per heavy atom. The zero-order valence-electron chi connectivity index (χ0n) is 20.5. The van der Waals surface area contributed by atoms with Gasteiger partial charge in [0.1, 0.15) is 0 Å². The Morgan fingerprint density at radius 3 is 1.13 bits per heavy atom. The van der Waals surface area contributed by atoms with Gasteiger partial charge in [-0.15, -0.1) is 0 Å². The topological polar surface area (TPSA) is 95.1 Å². The molecule has 2 N–H and O–H groups in total. The van der Waals surface area contributed by atoms with Gasteiger partial charge >= 0.3 is 218 Å². The quantitative estimate of drug-likeness (QED) is 0.266. The van der Waals surface area contributed by atoms with Crippen LogP contribution in [0.15, 0.2) is 97.1 Å². The van der Waals surface area contributed by atoms with Gasteiger partial charge in [0.25, 0.3) is 0 Å². The first-order chi connectivity index (χ1) is 18.5. The number of nitrogens with one attached hydrogen (secondary N) is 2. The van der Waals surface area contributed by atoms with E-state index in [1.54, 1.807) is 62.8 Å². The fourth-order valence-electron chi connectivity index (χ4n) is 3.07. The van der Waals surface area contributed by atoms with Gasteiger partial charge in [-0.3, -0.25) is 0 Å². The Bertz CT molecular complexity index is 1240. The van der Waals surface area contributed by atoms with E-state index in [0.29, 0.717) is 34.4 Å². The van der Waals surface area contributed by atoms with Crippen molar-refractivity contribution in [3.8, 4) is 23.0 Å². The second-order valence-corrected chi connectivity index (χ2v) is 13.9. The van der Waals surface area contributed by atoms with Gasteiger partial charge in [-0.2, -0.15) is 0 Å². The summed E-state index contributed by atoms with van der Waals surface area (Å²) in [6, 6.07) is 29.1. The van der Waals surface area contributed by atoms with Crippen molar-refractivity contribution >= 4 is 58.7 Å². The number of anilines is 2. The van der Waals surface area contributed by atoms with Crippen molar-refractivity contribution in [2.24, 2.45) is 0 Å². The molecule has 0 saturated carbocycles. The minimum absolute atomic E-state index is 0.261. The van der Waals surface area contributed by atoms with Crippen LogP contribution in [0.4, 0.5) is 21.0 Å². The maximum absolute atomic E-state index is 12.1. The van der Waals surface area contributed by atoms with Crippen molar-refractivity contribution in [3.63, 3.8) is 0 Å². The zero-order chi connectivity index (χ0) is 26.7. The molecule has 0 aliphatic heterocycles. The summed E-state index contributed by atoms with van der Waals surface area (Å²) in [6.07, 6.45) is -1.11. The molecule has 10 heteroatoms. The molecule has 4 aromatic rings. The third-order valence-corrected chi connectivity index (χ3v) is 12.2. The molecule has 0 heterocycles. The van der Waals surface area contributed by atoms with E-state index >= 15 is 0 Å². The van der Waals surface area contributed by atoms with Gasteiger partial charge in [0.05, 0.1) is 14.2 Å². The number of methoxy groups -OCH3 is 2. The number of hydrogen-bond donors (Lipinski definition) is 2. The first-order valence-electron chi connectivity index (χ1n) is 11.3. The fourth-order valence-corrected chi connectivity index (χ4v) is 9.03.